The third kappa shape index (κ3) is 5.69. The van der Waals surface area contributed by atoms with Gasteiger partial charge >= 0.3 is 6.18 Å². The minimum absolute atomic E-state index is 0.0123. The standard InChI is InChI=1S/C23H19F5N10/c1-2-13(17(38-32)9-33-16-4-3-12(24)5-15(16)25)19-14(6-29)18(20(37-19)21(31)36-10-30)11-7-34-22(35-8-11)23(26,27)28/h3-5,7-10,13,37H,2,32H2,1H3,(H3,30,31,36). The highest BCUT2D eigenvalue weighted by atomic mass is 19.4. The van der Waals surface area contributed by atoms with Crippen LogP contribution in [0.3, 0.4) is 0 Å². The number of nitrogens with two attached hydrogens (primary N) is 2. The van der Waals surface area contributed by atoms with Crippen LogP contribution in [-0.2, 0) is 6.18 Å². The van der Waals surface area contributed by atoms with Crippen LogP contribution in [0.2, 0.25) is 0 Å². The molecule has 0 radical (unpaired) electrons. The first kappa shape index (κ1) is 27.6. The fraction of sp³-hybridized carbons (Fsp3) is 0.174. The molecule has 3 rings (SSSR count). The molecule has 0 fully saturated rings. The Morgan fingerprint density at radius 1 is 1.26 bits per heavy atom. The average molecular weight is 530 g/mol. The smallest absolute Gasteiger partial charge is 0.382 e. The molecule has 1 atom stereocenters. The maximum Gasteiger partial charge on any atom is 0.451 e. The number of halogens is 5. The van der Waals surface area contributed by atoms with Gasteiger partial charge in [-0.15, -0.1) is 0 Å². The molecule has 3 aromatic rings. The van der Waals surface area contributed by atoms with E-state index in [-0.39, 0.29) is 51.7 Å². The number of nitrogens with one attached hydrogen (secondary N) is 2. The summed E-state index contributed by atoms with van der Waals surface area (Å²) in [6.45, 7) is 1.72. The first-order valence-corrected chi connectivity index (χ1v) is 10.7. The van der Waals surface area contributed by atoms with Gasteiger partial charge in [-0.2, -0.15) is 23.5 Å². The van der Waals surface area contributed by atoms with Crippen molar-refractivity contribution in [2.75, 3.05) is 0 Å². The molecular weight excluding hydrogens is 511 g/mol. The van der Waals surface area contributed by atoms with Gasteiger partial charge in [-0.05, 0) is 18.6 Å². The highest BCUT2D eigenvalue weighted by Crippen LogP contribution is 2.35. The average Bonchev–Trinajstić information content (AvgIpc) is 3.26. The summed E-state index contributed by atoms with van der Waals surface area (Å²) in [6, 6.07) is 4.77. The zero-order valence-corrected chi connectivity index (χ0v) is 19.6. The number of hydrogen-bond acceptors (Lipinski definition) is 7. The number of nitrogens with zero attached hydrogens (tertiary/aromatic N) is 6. The second kappa shape index (κ2) is 11.4. The lowest BCUT2D eigenvalue weighted by molar-refractivity contribution is -0.144. The van der Waals surface area contributed by atoms with Crippen LogP contribution >= 0.6 is 0 Å². The minimum Gasteiger partial charge on any atom is -0.382 e. The summed E-state index contributed by atoms with van der Waals surface area (Å²) in [5.74, 6) is 1.45. The van der Waals surface area contributed by atoms with Crippen LogP contribution < -0.4 is 11.6 Å². The van der Waals surface area contributed by atoms with Crippen LogP contribution in [0.1, 0.15) is 42.0 Å². The number of aromatic nitrogens is 3. The third-order valence-corrected chi connectivity index (χ3v) is 5.30. The summed E-state index contributed by atoms with van der Waals surface area (Å²) in [6.07, 6.45) is -0.977. The van der Waals surface area contributed by atoms with Gasteiger partial charge in [0, 0.05) is 41.2 Å². The number of hydrazone groups is 1. The zero-order valence-electron chi connectivity index (χ0n) is 19.6. The number of rotatable bonds is 8. The van der Waals surface area contributed by atoms with Crippen LogP contribution in [0.5, 0.6) is 0 Å². The summed E-state index contributed by atoms with van der Waals surface area (Å²) in [5, 5.41) is 20.9. The highest BCUT2D eigenvalue weighted by Gasteiger charge is 2.35. The molecule has 0 saturated carbocycles. The molecule has 10 nitrogen and oxygen atoms in total. The minimum atomic E-state index is -4.79. The lowest BCUT2D eigenvalue weighted by Crippen LogP contribution is -2.18. The van der Waals surface area contributed by atoms with Gasteiger partial charge in [0.05, 0.1) is 28.9 Å². The molecule has 1 aromatic carbocycles. The molecule has 15 heteroatoms. The third-order valence-electron chi connectivity index (χ3n) is 5.30. The van der Waals surface area contributed by atoms with Gasteiger partial charge in [-0.25, -0.2) is 23.7 Å². The number of hydrogen-bond donors (Lipinski definition) is 4. The highest BCUT2D eigenvalue weighted by molar-refractivity contribution is 6.33. The molecule has 2 aromatic heterocycles. The monoisotopic (exact) mass is 530 g/mol. The van der Waals surface area contributed by atoms with Gasteiger partial charge in [-0.1, -0.05) is 6.92 Å². The van der Waals surface area contributed by atoms with Gasteiger partial charge < -0.3 is 16.6 Å². The Hall–Kier alpha value is -5.00. The molecule has 0 aliphatic heterocycles. The first-order chi connectivity index (χ1) is 18.0. The predicted octanol–water partition coefficient (Wildman–Crippen LogP) is 4.16. The number of amidine groups is 1. The van der Waals surface area contributed by atoms with E-state index in [1.54, 1.807) is 6.92 Å². The first-order valence-electron chi connectivity index (χ1n) is 10.7. The van der Waals surface area contributed by atoms with Crippen LogP contribution in [-0.4, -0.2) is 39.1 Å². The van der Waals surface area contributed by atoms with Crippen molar-refractivity contribution in [1.29, 1.82) is 10.7 Å². The summed E-state index contributed by atoms with van der Waals surface area (Å²) in [4.78, 5) is 17.3. The maximum atomic E-state index is 14.0. The quantitative estimate of drug-likeness (QED) is 0.112. The fourth-order valence-electron chi connectivity index (χ4n) is 3.61. The summed E-state index contributed by atoms with van der Waals surface area (Å²) >= 11 is 0. The van der Waals surface area contributed by atoms with Crippen molar-refractivity contribution in [1.82, 2.24) is 15.0 Å². The van der Waals surface area contributed by atoms with E-state index in [1.165, 1.54) is 0 Å². The topological polar surface area (TPSA) is 178 Å². The number of alkyl halides is 3. The molecule has 0 aliphatic carbocycles. The zero-order chi connectivity index (χ0) is 28.0. The van der Waals surface area contributed by atoms with Crippen LogP contribution in [0.4, 0.5) is 27.6 Å². The Labute approximate surface area is 212 Å². The van der Waals surface area contributed by atoms with Crippen molar-refractivity contribution in [2.45, 2.75) is 25.4 Å². The number of aromatic amines is 1. The van der Waals surface area contributed by atoms with Crippen LogP contribution in [0, 0.1) is 28.4 Å². The second-order valence-electron chi connectivity index (χ2n) is 7.58. The van der Waals surface area contributed by atoms with E-state index in [9.17, 15) is 27.2 Å². The van der Waals surface area contributed by atoms with E-state index in [2.05, 4.69) is 30.0 Å². The van der Waals surface area contributed by atoms with Gasteiger partial charge in [-0.3, -0.25) is 10.4 Å². The largest absolute Gasteiger partial charge is 0.451 e. The SMILES string of the molecule is CCC(C(C=Nc1ccc(F)cc1F)=NN)c1[nH]c(C(N)=NC=N)c(-c2cnc(C(F)(F)F)nc2)c1C#N. The molecule has 196 valence electrons. The van der Waals surface area contributed by atoms with Crippen molar-refractivity contribution in [3.05, 3.63) is 65.0 Å². The molecule has 38 heavy (non-hydrogen) atoms. The number of aliphatic imine (C=N–C) groups is 2. The molecule has 0 aliphatic rings. The van der Waals surface area contributed by atoms with E-state index in [4.69, 9.17) is 17.0 Å². The van der Waals surface area contributed by atoms with E-state index in [0.29, 0.717) is 12.4 Å². The van der Waals surface area contributed by atoms with Gasteiger partial charge in [0.1, 0.15) is 24.1 Å². The Balaban J connectivity index is 2.18. The van der Waals surface area contributed by atoms with Crippen molar-refractivity contribution in [3.63, 3.8) is 0 Å². The van der Waals surface area contributed by atoms with Crippen molar-refractivity contribution in [2.24, 2.45) is 26.7 Å². The molecule has 0 amide bonds. The fourth-order valence-corrected chi connectivity index (χ4v) is 3.61. The van der Waals surface area contributed by atoms with Crippen molar-refractivity contribution in [3.8, 4) is 17.2 Å². The van der Waals surface area contributed by atoms with E-state index < -0.39 is 29.6 Å². The number of benzene rings is 1. The Morgan fingerprint density at radius 2 is 1.95 bits per heavy atom. The van der Waals surface area contributed by atoms with E-state index >= 15 is 0 Å². The number of nitriles is 1. The van der Waals surface area contributed by atoms with Gasteiger partial charge in [0.15, 0.2) is 5.82 Å². The molecule has 6 N–H and O–H groups in total. The second-order valence-corrected chi connectivity index (χ2v) is 7.58. The van der Waals surface area contributed by atoms with Gasteiger partial charge in [0.25, 0.3) is 0 Å². The van der Waals surface area contributed by atoms with Gasteiger partial charge in [0.2, 0.25) is 5.82 Å². The Kier molecular flexibility index (Phi) is 8.26. The molecule has 2 heterocycles. The maximum absolute atomic E-state index is 14.0. The lowest BCUT2D eigenvalue weighted by Gasteiger charge is -2.14. The predicted molar refractivity (Wildman–Crippen MR) is 130 cm³/mol. The summed E-state index contributed by atoms with van der Waals surface area (Å²) in [7, 11) is 0. The normalized spacial score (nSPS) is 13.5. The van der Waals surface area contributed by atoms with Crippen molar-refractivity contribution >= 4 is 29.8 Å². The van der Waals surface area contributed by atoms with Crippen molar-refractivity contribution < 1.29 is 22.0 Å². The van der Waals surface area contributed by atoms with Crippen LogP contribution in [0.25, 0.3) is 11.1 Å². The molecular formula is C23H19F5N10. The molecule has 0 bridgehead atoms. The molecule has 0 spiro atoms. The van der Waals surface area contributed by atoms with E-state index in [0.717, 1.165) is 30.7 Å². The summed E-state index contributed by atoms with van der Waals surface area (Å²) in [5.41, 5.74) is 6.07. The molecule has 0 saturated heterocycles. The summed E-state index contributed by atoms with van der Waals surface area (Å²) < 4.78 is 66.2. The Bertz CT molecular complexity index is 1460. The van der Waals surface area contributed by atoms with E-state index in [1.807, 2.05) is 6.07 Å². The number of H-pyrrole nitrogens is 1. The Morgan fingerprint density at radius 3 is 2.47 bits per heavy atom. The lowest BCUT2D eigenvalue weighted by atomic mass is 9.92. The van der Waals surface area contributed by atoms with Crippen LogP contribution in [0.15, 0.2) is 45.7 Å². The molecule has 1 unspecified atom stereocenters.